The van der Waals surface area contributed by atoms with Crippen molar-refractivity contribution < 1.29 is 51.3 Å². The van der Waals surface area contributed by atoms with E-state index in [2.05, 4.69) is 90.6 Å². The first-order valence-corrected chi connectivity index (χ1v) is 33.0. The van der Waals surface area contributed by atoms with Crippen LogP contribution in [0.1, 0.15) is 93.2 Å². The van der Waals surface area contributed by atoms with E-state index in [1.807, 2.05) is 36.7 Å². The Labute approximate surface area is 518 Å². The number of nitro groups is 1. The first-order chi connectivity index (χ1) is 43.2. The molecule has 6 fully saturated rings. The molecular formula is C65H79N11O12S. The molecule has 1 saturated carbocycles. The van der Waals surface area contributed by atoms with Crippen LogP contribution >= 0.6 is 0 Å². The van der Waals surface area contributed by atoms with Crippen molar-refractivity contribution in [3.63, 3.8) is 0 Å². The highest BCUT2D eigenvalue weighted by molar-refractivity contribution is 7.90. The number of morpholine rings is 1. The Morgan fingerprint density at radius 2 is 1.71 bits per heavy atom. The second-order valence-electron chi connectivity index (χ2n) is 25.6. The van der Waals surface area contributed by atoms with E-state index in [1.165, 1.54) is 11.6 Å². The molecule has 3 aromatic heterocycles. The number of methoxy groups -OCH3 is 1. The number of benzene rings is 3. The smallest absolute Gasteiger partial charge is 0.297 e. The topological polar surface area (TPSA) is 241 Å². The van der Waals surface area contributed by atoms with Crippen LogP contribution in [0.25, 0.3) is 11.0 Å². The Morgan fingerprint density at radius 3 is 2.51 bits per heavy atom. The maximum Gasteiger partial charge on any atom is 0.297 e. The second kappa shape index (κ2) is 24.4. The molecule has 472 valence electrons. The molecule has 0 bridgehead atoms. The molecule has 1 aliphatic carbocycles. The molecule has 89 heavy (non-hydrogen) atoms. The molecule has 8 aliphatic rings. The molecule has 3 N–H and O–H groups in total. The molecule has 3 aromatic carbocycles. The normalized spacial score (nSPS) is 24.2. The van der Waals surface area contributed by atoms with Crippen molar-refractivity contribution in [1.82, 2.24) is 29.5 Å². The lowest BCUT2D eigenvalue weighted by molar-refractivity contribution is -0.384. The summed E-state index contributed by atoms with van der Waals surface area (Å²) in [5, 5.41) is 16.8. The third kappa shape index (κ3) is 11.6. The highest BCUT2D eigenvalue weighted by Crippen LogP contribution is 2.54. The Balaban J connectivity index is 0.720. The minimum atomic E-state index is -4.73. The van der Waals surface area contributed by atoms with Crippen LogP contribution < -0.4 is 43.7 Å². The van der Waals surface area contributed by atoms with Crippen LogP contribution in [0.3, 0.4) is 0 Å². The zero-order chi connectivity index (χ0) is 61.1. The molecular weight excluding hydrogens is 1160 g/mol. The molecule has 5 atom stereocenters. The van der Waals surface area contributed by atoms with Gasteiger partial charge in [-0.1, -0.05) is 18.2 Å². The van der Waals surface area contributed by atoms with Gasteiger partial charge in [0.1, 0.15) is 29.8 Å². The number of rotatable bonds is 15. The van der Waals surface area contributed by atoms with Gasteiger partial charge >= 0.3 is 0 Å². The zero-order valence-corrected chi connectivity index (χ0v) is 51.8. The van der Waals surface area contributed by atoms with E-state index < -0.39 is 37.5 Å². The third-order valence-corrected chi connectivity index (χ3v) is 21.1. The first-order valence-electron chi connectivity index (χ1n) is 31.6. The molecule has 14 rings (SSSR count). The van der Waals surface area contributed by atoms with Gasteiger partial charge in [0.25, 0.3) is 21.6 Å². The first kappa shape index (κ1) is 59.2. The summed E-state index contributed by atoms with van der Waals surface area (Å²) in [6.07, 6.45) is 9.57. The van der Waals surface area contributed by atoms with Crippen molar-refractivity contribution in [2.75, 3.05) is 113 Å². The number of nitro benzene ring substituents is 1. The molecule has 1 spiro atoms. The van der Waals surface area contributed by atoms with E-state index in [9.17, 15) is 23.3 Å². The van der Waals surface area contributed by atoms with Gasteiger partial charge < -0.3 is 58.2 Å². The van der Waals surface area contributed by atoms with E-state index in [1.54, 1.807) is 13.2 Å². The Hall–Kier alpha value is -7.48. The van der Waals surface area contributed by atoms with Crippen LogP contribution in [-0.2, 0) is 30.8 Å². The maximum absolute atomic E-state index is 15.0. The minimum absolute atomic E-state index is 0.0212. The van der Waals surface area contributed by atoms with Gasteiger partial charge in [-0.25, -0.2) is 18.1 Å². The SMILES string of the molecule is COc1cc(CN2CCN(C3CC4(CCN(c5ccc(C(=O)NS(=O)(=O)c6cc7c(c([N+](=O)[O-])c6)N[C@H](C6CCOCC6)CO7)c(N6c7cc8cc[nH]c8nc7O[C@H]7COCC[C@@H]76)c5)CC4)C3)[C@H](c3ccccc3OC(C)C)C2)cnc1N1CCOC[C@@H]1C. The molecule has 7 aliphatic heterocycles. The summed E-state index contributed by atoms with van der Waals surface area (Å²) in [6, 6.07) is 22.6. The number of piperazine rings is 1. The molecule has 24 heteroatoms. The number of carbonyl (C=O) groups is 1. The number of para-hydroxylation sites is 1. The van der Waals surface area contributed by atoms with Crippen LogP contribution in [-0.4, -0.2) is 173 Å². The van der Waals surface area contributed by atoms with Gasteiger partial charge in [0.05, 0.1) is 78.3 Å². The van der Waals surface area contributed by atoms with E-state index in [0.29, 0.717) is 68.4 Å². The number of hydrogen-bond acceptors (Lipinski definition) is 20. The molecule has 0 radical (unpaired) electrons. The summed E-state index contributed by atoms with van der Waals surface area (Å²) in [6.45, 7) is 15.4. The Morgan fingerprint density at radius 1 is 0.899 bits per heavy atom. The summed E-state index contributed by atoms with van der Waals surface area (Å²) < 4.78 is 73.7. The monoisotopic (exact) mass is 1240 g/mol. The van der Waals surface area contributed by atoms with Gasteiger partial charge in [-0.2, -0.15) is 4.98 Å². The lowest BCUT2D eigenvalue weighted by Gasteiger charge is -2.58. The number of H-pyrrole nitrogens is 1. The number of anilines is 5. The number of nitrogens with one attached hydrogen (secondary N) is 3. The fourth-order valence-electron chi connectivity index (χ4n) is 15.1. The number of fused-ring (bicyclic) bond motifs is 4. The minimum Gasteiger partial charge on any atom is -0.493 e. The summed E-state index contributed by atoms with van der Waals surface area (Å²) in [5.41, 5.74) is 4.82. The molecule has 5 saturated heterocycles. The number of sulfonamides is 1. The summed E-state index contributed by atoms with van der Waals surface area (Å²) in [7, 11) is -3.01. The predicted molar refractivity (Wildman–Crippen MR) is 335 cm³/mol. The standard InChI is InChI=1S/C65H79N11O12S/c1-40(2)87-56-8-6-5-7-48(56)55-36-71(35-42-27-58(82-4)62(67-34-42)73-22-26-85-37-41(73)3)20-21-74(55)46-32-65(33-46)15-18-72(19-16-65)45-9-10-49(52(29-45)75-51-14-25-84-39-59(51)88-64-54(75)28-44-11-17-66-61(44)69-64)63(77)70-89(80,81)47-30-53(76(78)79)60-57(31-47)86-38-50(68-60)43-12-23-83-24-13-43/h5-11,17,27-31,34,40-41,43,46,50-51,55,59,68H,12-16,18-26,32-33,35-39H2,1-4H3,(H,66,69)(H,70,77)/t41-,50-,51-,55-,59-/m0/s1. The number of pyridine rings is 2. The summed E-state index contributed by atoms with van der Waals surface area (Å²) >= 11 is 0. The molecule has 6 aromatic rings. The lowest BCUT2D eigenvalue weighted by Crippen LogP contribution is -2.59. The molecule has 10 heterocycles. The van der Waals surface area contributed by atoms with Crippen LogP contribution in [0.5, 0.6) is 23.1 Å². The second-order valence-corrected chi connectivity index (χ2v) is 27.3. The number of nitrogens with zero attached hydrogens (tertiary/aromatic N) is 8. The lowest BCUT2D eigenvalue weighted by atomic mass is 9.59. The Bertz CT molecular complexity index is 3740. The number of aromatic amines is 1. The van der Waals surface area contributed by atoms with Crippen molar-refractivity contribution in [3.05, 3.63) is 112 Å². The fraction of sp³-hybridized carbons (Fsp3) is 0.523. The maximum atomic E-state index is 15.0. The average Bonchev–Trinajstić information content (AvgIpc) is 1.44. The van der Waals surface area contributed by atoms with Crippen molar-refractivity contribution in [3.8, 4) is 23.1 Å². The molecule has 1 amide bonds. The third-order valence-electron chi connectivity index (χ3n) is 19.8. The average molecular weight is 1240 g/mol. The van der Waals surface area contributed by atoms with E-state index in [4.69, 9.17) is 43.1 Å². The number of aromatic nitrogens is 3. The number of amides is 1. The highest BCUT2D eigenvalue weighted by Gasteiger charge is 2.51. The molecule has 23 nitrogen and oxygen atoms in total. The van der Waals surface area contributed by atoms with Gasteiger partial charge in [-0.05, 0) is 125 Å². The quantitative estimate of drug-likeness (QED) is 0.0644. The Kier molecular flexibility index (Phi) is 16.2. The van der Waals surface area contributed by atoms with Crippen LogP contribution in [0.2, 0.25) is 0 Å². The van der Waals surface area contributed by atoms with Crippen LogP contribution in [0.4, 0.5) is 34.3 Å². The van der Waals surface area contributed by atoms with E-state index in [-0.39, 0.29) is 71.8 Å². The zero-order valence-electron chi connectivity index (χ0n) is 50.9. The van der Waals surface area contributed by atoms with Crippen molar-refractivity contribution >= 4 is 61.2 Å². The van der Waals surface area contributed by atoms with E-state index in [0.717, 1.165) is 124 Å². The number of carbonyl (C=O) groups excluding carboxylic acids is 1. The van der Waals surface area contributed by atoms with Crippen molar-refractivity contribution in [2.45, 2.75) is 120 Å². The highest BCUT2D eigenvalue weighted by atomic mass is 32.2. The van der Waals surface area contributed by atoms with Crippen molar-refractivity contribution in [2.24, 2.45) is 11.3 Å². The summed E-state index contributed by atoms with van der Waals surface area (Å²) in [4.78, 5) is 51.6. The van der Waals surface area contributed by atoms with Gasteiger partial charge in [-0.15, -0.1) is 0 Å². The van der Waals surface area contributed by atoms with Gasteiger partial charge in [0, 0.05) is 113 Å². The van der Waals surface area contributed by atoms with Crippen LogP contribution in [0, 0.1) is 21.4 Å². The fourth-order valence-corrected chi connectivity index (χ4v) is 16.1. The number of hydrogen-bond donors (Lipinski definition) is 3. The molecule has 0 unspecified atom stereocenters. The largest absolute Gasteiger partial charge is 0.493 e. The number of ether oxygens (including phenoxy) is 7. The van der Waals surface area contributed by atoms with Crippen LogP contribution in [0.15, 0.2) is 90.1 Å². The van der Waals surface area contributed by atoms with Gasteiger partial charge in [0.15, 0.2) is 23.0 Å². The predicted octanol–water partition coefficient (Wildman–Crippen LogP) is 8.60. The van der Waals surface area contributed by atoms with E-state index >= 15 is 0 Å². The van der Waals surface area contributed by atoms with Gasteiger partial charge in [-0.3, -0.25) is 24.7 Å². The van der Waals surface area contributed by atoms with Crippen molar-refractivity contribution in [1.29, 1.82) is 0 Å². The number of piperidine rings is 1. The van der Waals surface area contributed by atoms with Gasteiger partial charge in [0.2, 0.25) is 5.88 Å². The summed E-state index contributed by atoms with van der Waals surface area (Å²) in [5.74, 6) is 2.19.